The van der Waals surface area contributed by atoms with E-state index in [0.29, 0.717) is 12.5 Å². The number of hydrogen-bond acceptors (Lipinski definition) is 5. The summed E-state index contributed by atoms with van der Waals surface area (Å²) in [7, 11) is 0. The maximum absolute atomic E-state index is 5.36. The minimum absolute atomic E-state index is 0.0882. The van der Waals surface area contributed by atoms with Crippen LogP contribution in [0, 0.1) is 5.92 Å². The average Bonchev–Trinajstić information content (AvgIpc) is 2.76. The topological polar surface area (TPSA) is 60.2 Å². The quantitative estimate of drug-likeness (QED) is 0.837. The molecule has 1 aromatic rings. The van der Waals surface area contributed by atoms with E-state index < -0.39 is 0 Å². The Morgan fingerprint density at radius 2 is 2.38 bits per heavy atom. The predicted octanol–water partition coefficient (Wildman–Crippen LogP) is 1.32. The van der Waals surface area contributed by atoms with Gasteiger partial charge in [-0.2, -0.15) is 4.98 Å². The summed E-state index contributed by atoms with van der Waals surface area (Å²) < 4.78 is 10.6. The summed E-state index contributed by atoms with van der Waals surface area (Å²) in [5, 5.41) is 7.29. The third-order valence-corrected chi connectivity index (χ3v) is 2.65. The third-order valence-electron chi connectivity index (χ3n) is 2.65. The molecular weight excluding hydrogens is 206 g/mol. The minimum Gasteiger partial charge on any atom is -0.378 e. The van der Waals surface area contributed by atoms with Crippen molar-refractivity contribution >= 4 is 0 Å². The molecule has 0 aliphatic carbocycles. The van der Waals surface area contributed by atoms with E-state index in [1.807, 2.05) is 0 Å². The van der Waals surface area contributed by atoms with Crippen molar-refractivity contribution in [2.24, 2.45) is 5.92 Å². The van der Waals surface area contributed by atoms with Gasteiger partial charge in [0.15, 0.2) is 5.82 Å². The molecule has 1 N–H and O–H groups in total. The van der Waals surface area contributed by atoms with Crippen LogP contribution in [0.25, 0.3) is 0 Å². The number of rotatable bonds is 4. The molecule has 1 aromatic heterocycles. The number of nitrogens with zero attached hydrogens (tertiary/aromatic N) is 2. The van der Waals surface area contributed by atoms with Crippen molar-refractivity contribution in [3.05, 3.63) is 11.7 Å². The predicted molar refractivity (Wildman–Crippen MR) is 59.0 cm³/mol. The Hall–Kier alpha value is -0.940. The number of ether oxygens (including phenoxy) is 1. The van der Waals surface area contributed by atoms with E-state index in [1.54, 1.807) is 0 Å². The zero-order chi connectivity index (χ0) is 11.4. The van der Waals surface area contributed by atoms with Crippen molar-refractivity contribution < 1.29 is 9.26 Å². The molecule has 1 atom stereocenters. The highest BCUT2D eigenvalue weighted by atomic mass is 16.5. The molecular formula is C11H19N3O2. The molecule has 5 heteroatoms. The van der Waals surface area contributed by atoms with Crippen molar-refractivity contribution in [3.8, 4) is 0 Å². The molecule has 2 heterocycles. The van der Waals surface area contributed by atoms with Crippen LogP contribution in [0.1, 0.15) is 38.0 Å². The lowest BCUT2D eigenvalue weighted by Crippen LogP contribution is -2.35. The van der Waals surface area contributed by atoms with Crippen molar-refractivity contribution in [1.29, 1.82) is 0 Å². The molecule has 0 spiro atoms. The first-order chi connectivity index (χ1) is 7.75. The second-order valence-electron chi connectivity index (χ2n) is 4.56. The van der Waals surface area contributed by atoms with Gasteiger partial charge < -0.3 is 14.6 Å². The van der Waals surface area contributed by atoms with Crippen LogP contribution in [-0.2, 0) is 11.2 Å². The first-order valence-corrected chi connectivity index (χ1v) is 5.89. The van der Waals surface area contributed by atoms with E-state index in [4.69, 9.17) is 9.26 Å². The Balaban J connectivity index is 1.90. The van der Waals surface area contributed by atoms with Gasteiger partial charge in [0.05, 0.1) is 19.3 Å². The minimum atomic E-state index is 0.0882. The first-order valence-electron chi connectivity index (χ1n) is 5.89. The Bertz CT molecular complexity index is 319. The smallest absolute Gasteiger partial charge is 0.226 e. The van der Waals surface area contributed by atoms with Crippen molar-refractivity contribution in [2.75, 3.05) is 19.8 Å². The molecule has 2 rings (SSSR count). The van der Waals surface area contributed by atoms with Crippen LogP contribution in [0.4, 0.5) is 0 Å². The lowest BCUT2D eigenvalue weighted by Gasteiger charge is -2.20. The molecule has 90 valence electrons. The lowest BCUT2D eigenvalue weighted by molar-refractivity contribution is 0.0734. The van der Waals surface area contributed by atoms with Gasteiger partial charge in [0.25, 0.3) is 0 Å². The SMILES string of the molecule is CC(C)CCc1nc(C2COCCN2)no1. The summed E-state index contributed by atoms with van der Waals surface area (Å²) in [5.41, 5.74) is 0. The van der Waals surface area contributed by atoms with Gasteiger partial charge in [0.1, 0.15) is 0 Å². The molecule has 0 radical (unpaired) electrons. The van der Waals surface area contributed by atoms with Crippen LogP contribution in [0.2, 0.25) is 0 Å². The van der Waals surface area contributed by atoms with E-state index in [9.17, 15) is 0 Å². The number of aromatic nitrogens is 2. The molecule has 1 aliphatic rings. The fraction of sp³-hybridized carbons (Fsp3) is 0.818. The summed E-state index contributed by atoms with van der Waals surface area (Å²) in [4.78, 5) is 4.39. The molecule has 0 bridgehead atoms. The number of aryl methyl sites for hydroxylation is 1. The fourth-order valence-electron chi connectivity index (χ4n) is 1.65. The van der Waals surface area contributed by atoms with Gasteiger partial charge in [-0.3, -0.25) is 0 Å². The fourth-order valence-corrected chi connectivity index (χ4v) is 1.65. The second kappa shape index (κ2) is 5.41. The van der Waals surface area contributed by atoms with Gasteiger partial charge in [-0.05, 0) is 12.3 Å². The first kappa shape index (κ1) is 11.5. The van der Waals surface area contributed by atoms with Gasteiger partial charge in [-0.1, -0.05) is 19.0 Å². The summed E-state index contributed by atoms with van der Waals surface area (Å²) in [6.07, 6.45) is 1.94. The molecule has 1 unspecified atom stereocenters. The summed E-state index contributed by atoms with van der Waals surface area (Å²) in [5.74, 6) is 2.11. The Morgan fingerprint density at radius 3 is 3.06 bits per heavy atom. The van der Waals surface area contributed by atoms with Crippen LogP contribution < -0.4 is 5.32 Å². The summed E-state index contributed by atoms with van der Waals surface area (Å²) in [6.45, 7) is 6.61. The Morgan fingerprint density at radius 1 is 1.50 bits per heavy atom. The van der Waals surface area contributed by atoms with Crippen LogP contribution in [0.3, 0.4) is 0 Å². The van der Waals surface area contributed by atoms with Crippen LogP contribution in [0.15, 0.2) is 4.52 Å². The van der Waals surface area contributed by atoms with E-state index in [2.05, 4.69) is 29.3 Å². The van der Waals surface area contributed by atoms with Crippen molar-refractivity contribution in [1.82, 2.24) is 15.5 Å². The molecule has 1 aliphatic heterocycles. The van der Waals surface area contributed by atoms with E-state index in [0.717, 1.165) is 37.7 Å². The van der Waals surface area contributed by atoms with E-state index >= 15 is 0 Å². The average molecular weight is 225 g/mol. The molecule has 0 aromatic carbocycles. The van der Waals surface area contributed by atoms with Crippen molar-refractivity contribution in [2.45, 2.75) is 32.7 Å². The van der Waals surface area contributed by atoms with Gasteiger partial charge >= 0.3 is 0 Å². The standard InChI is InChI=1S/C11H19N3O2/c1-8(2)3-4-10-13-11(14-16-10)9-7-15-6-5-12-9/h8-9,12H,3-7H2,1-2H3. The highest BCUT2D eigenvalue weighted by Crippen LogP contribution is 2.14. The highest BCUT2D eigenvalue weighted by molar-refractivity contribution is 4.95. The number of hydrogen-bond donors (Lipinski definition) is 1. The molecule has 1 fully saturated rings. The maximum Gasteiger partial charge on any atom is 0.226 e. The van der Waals surface area contributed by atoms with Gasteiger partial charge in [0, 0.05) is 13.0 Å². The largest absolute Gasteiger partial charge is 0.378 e. The summed E-state index contributed by atoms with van der Waals surface area (Å²) >= 11 is 0. The monoisotopic (exact) mass is 225 g/mol. The number of nitrogens with one attached hydrogen (secondary N) is 1. The number of morpholine rings is 1. The van der Waals surface area contributed by atoms with E-state index in [-0.39, 0.29) is 6.04 Å². The van der Waals surface area contributed by atoms with Gasteiger partial charge in [0.2, 0.25) is 5.89 Å². The summed E-state index contributed by atoms with van der Waals surface area (Å²) in [6, 6.07) is 0.0882. The molecule has 5 nitrogen and oxygen atoms in total. The van der Waals surface area contributed by atoms with Crippen molar-refractivity contribution in [3.63, 3.8) is 0 Å². The van der Waals surface area contributed by atoms with Gasteiger partial charge in [-0.15, -0.1) is 0 Å². The zero-order valence-electron chi connectivity index (χ0n) is 9.90. The molecule has 0 amide bonds. The Labute approximate surface area is 95.6 Å². The van der Waals surface area contributed by atoms with Crippen LogP contribution in [-0.4, -0.2) is 29.9 Å². The van der Waals surface area contributed by atoms with E-state index in [1.165, 1.54) is 0 Å². The lowest BCUT2D eigenvalue weighted by atomic mass is 10.1. The second-order valence-corrected chi connectivity index (χ2v) is 4.56. The van der Waals surface area contributed by atoms with Gasteiger partial charge in [-0.25, -0.2) is 0 Å². The highest BCUT2D eigenvalue weighted by Gasteiger charge is 2.20. The molecule has 16 heavy (non-hydrogen) atoms. The molecule has 1 saturated heterocycles. The third kappa shape index (κ3) is 3.02. The maximum atomic E-state index is 5.36. The Kier molecular flexibility index (Phi) is 3.90. The zero-order valence-corrected chi connectivity index (χ0v) is 9.90. The van der Waals surface area contributed by atoms with Crippen LogP contribution in [0.5, 0.6) is 0 Å². The normalized spacial score (nSPS) is 21.6. The molecule has 0 saturated carbocycles. The van der Waals surface area contributed by atoms with Crippen LogP contribution >= 0.6 is 0 Å².